The smallest absolute Gasteiger partial charge is 0.295 e. The number of aromatic hydroxyl groups is 1. The fraction of sp³-hybridized carbons (Fsp3) is 0.130. The molecule has 1 atom stereocenters. The third-order valence-corrected chi connectivity index (χ3v) is 6.81. The molecular weight excluding hydrogens is 466 g/mol. The number of ketones is 1. The number of hydrogen-bond acceptors (Lipinski definition) is 5. The van der Waals surface area contributed by atoms with E-state index >= 15 is 0 Å². The van der Waals surface area contributed by atoms with Gasteiger partial charge in [0.25, 0.3) is 11.7 Å². The highest BCUT2D eigenvalue weighted by molar-refractivity contribution is 9.10. The predicted octanol–water partition coefficient (Wildman–Crippen LogP) is 5.15. The standard InChI is InChI=1S/C23H18BrNO4S/c1-13-10-15(7-8-18(13)24)21(27)19-20(14-4-2-5-16(26)11-14)25(23(29)22(19)28)12-17-6-3-9-30-17/h2-11,20,26-27H,12H2,1H3/b21-19-. The van der Waals surface area contributed by atoms with Gasteiger partial charge in [-0.2, -0.15) is 0 Å². The first kappa shape index (κ1) is 20.4. The van der Waals surface area contributed by atoms with Gasteiger partial charge >= 0.3 is 0 Å². The molecule has 1 fully saturated rings. The van der Waals surface area contributed by atoms with Gasteiger partial charge in [0.2, 0.25) is 0 Å². The summed E-state index contributed by atoms with van der Waals surface area (Å²) in [5.74, 6) is -1.62. The van der Waals surface area contributed by atoms with E-state index in [9.17, 15) is 19.8 Å². The second-order valence-corrected chi connectivity index (χ2v) is 8.95. The van der Waals surface area contributed by atoms with Gasteiger partial charge in [-0.3, -0.25) is 9.59 Å². The van der Waals surface area contributed by atoms with Crippen molar-refractivity contribution in [1.82, 2.24) is 4.90 Å². The van der Waals surface area contributed by atoms with Gasteiger partial charge in [-0.25, -0.2) is 0 Å². The molecule has 0 spiro atoms. The summed E-state index contributed by atoms with van der Waals surface area (Å²) >= 11 is 4.91. The highest BCUT2D eigenvalue weighted by Crippen LogP contribution is 2.41. The van der Waals surface area contributed by atoms with Crippen molar-refractivity contribution >= 4 is 44.7 Å². The summed E-state index contributed by atoms with van der Waals surface area (Å²) in [5.41, 5.74) is 1.92. The number of rotatable bonds is 4. The number of hydrogen-bond donors (Lipinski definition) is 2. The van der Waals surface area contributed by atoms with Gasteiger partial charge in [-0.1, -0.05) is 40.2 Å². The Hall–Kier alpha value is -2.90. The number of halogens is 1. The van der Waals surface area contributed by atoms with Gasteiger partial charge in [0.1, 0.15) is 11.5 Å². The first-order valence-corrected chi connectivity index (χ1v) is 10.9. The van der Waals surface area contributed by atoms with E-state index in [-0.39, 0.29) is 23.6 Å². The van der Waals surface area contributed by atoms with Crippen molar-refractivity contribution in [2.24, 2.45) is 0 Å². The fourth-order valence-electron chi connectivity index (χ4n) is 3.60. The lowest BCUT2D eigenvalue weighted by Gasteiger charge is -2.25. The van der Waals surface area contributed by atoms with E-state index < -0.39 is 17.7 Å². The topological polar surface area (TPSA) is 77.8 Å². The average Bonchev–Trinajstić information content (AvgIpc) is 3.32. The van der Waals surface area contributed by atoms with Crippen molar-refractivity contribution in [3.63, 3.8) is 0 Å². The Kier molecular flexibility index (Phi) is 5.49. The molecule has 3 aromatic rings. The van der Waals surface area contributed by atoms with Gasteiger partial charge in [-0.05, 0) is 53.8 Å². The minimum atomic E-state index is -0.803. The number of carbonyl (C=O) groups is 2. The lowest BCUT2D eigenvalue weighted by Crippen LogP contribution is -2.28. The van der Waals surface area contributed by atoms with E-state index in [4.69, 9.17) is 0 Å². The molecule has 2 heterocycles. The molecule has 30 heavy (non-hydrogen) atoms. The number of amides is 1. The zero-order chi connectivity index (χ0) is 21.4. The summed E-state index contributed by atoms with van der Waals surface area (Å²) < 4.78 is 0.877. The van der Waals surface area contributed by atoms with Crippen molar-refractivity contribution in [3.05, 3.63) is 91.6 Å². The second kappa shape index (κ2) is 8.08. The number of thiophene rings is 1. The molecule has 4 rings (SSSR count). The van der Waals surface area contributed by atoms with E-state index in [2.05, 4.69) is 15.9 Å². The van der Waals surface area contributed by atoms with Crippen LogP contribution in [0.2, 0.25) is 0 Å². The van der Waals surface area contributed by atoms with Gasteiger partial charge in [0, 0.05) is 14.9 Å². The number of benzene rings is 2. The Morgan fingerprint density at radius 1 is 1.13 bits per heavy atom. The lowest BCUT2D eigenvalue weighted by molar-refractivity contribution is -0.140. The lowest BCUT2D eigenvalue weighted by atomic mass is 9.94. The normalized spacial score (nSPS) is 18.2. The maximum Gasteiger partial charge on any atom is 0.295 e. The van der Waals surface area contributed by atoms with Crippen molar-refractivity contribution in [1.29, 1.82) is 0 Å². The van der Waals surface area contributed by atoms with Crippen LogP contribution in [0.1, 0.15) is 27.6 Å². The molecule has 0 saturated carbocycles. The molecule has 0 aliphatic carbocycles. The van der Waals surface area contributed by atoms with Gasteiger partial charge in [0.15, 0.2) is 0 Å². The molecule has 1 unspecified atom stereocenters. The van der Waals surface area contributed by atoms with Crippen LogP contribution in [0.15, 0.2) is 70.0 Å². The van der Waals surface area contributed by atoms with Gasteiger partial charge < -0.3 is 15.1 Å². The maximum atomic E-state index is 13.0. The summed E-state index contributed by atoms with van der Waals surface area (Å²) in [5, 5.41) is 23.0. The Morgan fingerprint density at radius 2 is 1.93 bits per heavy atom. The third kappa shape index (κ3) is 3.66. The fourth-order valence-corrected chi connectivity index (χ4v) is 4.55. The Morgan fingerprint density at radius 3 is 2.60 bits per heavy atom. The number of phenolic OH excluding ortho intramolecular Hbond substituents is 1. The number of likely N-dealkylation sites (tertiary alicyclic amines) is 1. The van der Waals surface area contributed by atoms with Crippen LogP contribution in [0.4, 0.5) is 0 Å². The first-order valence-electron chi connectivity index (χ1n) is 9.23. The molecule has 1 amide bonds. The Bertz CT molecular complexity index is 1170. The second-order valence-electron chi connectivity index (χ2n) is 7.07. The molecule has 1 aliphatic rings. The largest absolute Gasteiger partial charge is 0.508 e. The SMILES string of the molecule is Cc1cc(/C(O)=C2/C(=O)C(=O)N(Cc3cccs3)C2c2cccc(O)c2)ccc1Br. The van der Waals surface area contributed by atoms with Gasteiger partial charge in [-0.15, -0.1) is 11.3 Å². The highest BCUT2D eigenvalue weighted by Gasteiger charge is 2.46. The molecular formula is C23H18BrNO4S. The van der Waals surface area contributed by atoms with Crippen molar-refractivity contribution in [2.45, 2.75) is 19.5 Å². The first-order chi connectivity index (χ1) is 14.4. The molecule has 2 aromatic carbocycles. The van der Waals surface area contributed by atoms with Crippen LogP contribution in [0.3, 0.4) is 0 Å². The summed E-state index contributed by atoms with van der Waals surface area (Å²) in [6.45, 7) is 2.11. The molecule has 2 N–H and O–H groups in total. The minimum absolute atomic E-state index is 0.0175. The number of Topliss-reactive ketones (excluding diaryl/α,β-unsaturated/α-hetero) is 1. The van der Waals surface area contributed by atoms with Crippen LogP contribution >= 0.6 is 27.3 Å². The quantitative estimate of drug-likeness (QED) is 0.305. The van der Waals surface area contributed by atoms with Crippen LogP contribution in [0.25, 0.3) is 5.76 Å². The zero-order valence-electron chi connectivity index (χ0n) is 16.0. The minimum Gasteiger partial charge on any atom is -0.508 e. The summed E-state index contributed by atoms with van der Waals surface area (Å²) in [6, 6.07) is 14.6. The van der Waals surface area contributed by atoms with Crippen molar-refractivity contribution in [3.8, 4) is 5.75 Å². The number of aliphatic hydroxyl groups is 1. The Labute approximate surface area is 186 Å². The molecule has 0 bridgehead atoms. The number of carbonyl (C=O) groups excluding carboxylic acids is 2. The Balaban J connectivity index is 1.89. The monoisotopic (exact) mass is 483 g/mol. The van der Waals surface area contributed by atoms with Crippen molar-refractivity contribution in [2.75, 3.05) is 0 Å². The summed E-state index contributed by atoms with van der Waals surface area (Å²) in [4.78, 5) is 28.3. The number of aryl methyl sites for hydroxylation is 1. The highest BCUT2D eigenvalue weighted by atomic mass is 79.9. The van der Waals surface area contributed by atoms with E-state index in [1.807, 2.05) is 24.4 Å². The summed E-state index contributed by atoms with van der Waals surface area (Å²) in [6.07, 6.45) is 0. The molecule has 1 aliphatic heterocycles. The van der Waals surface area contributed by atoms with Crippen LogP contribution in [-0.4, -0.2) is 26.8 Å². The maximum absolute atomic E-state index is 13.0. The third-order valence-electron chi connectivity index (χ3n) is 5.06. The summed E-state index contributed by atoms with van der Waals surface area (Å²) in [7, 11) is 0. The zero-order valence-corrected chi connectivity index (χ0v) is 18.4. The number of nitrogens with zero attached hydrogens (tertiary/aromatic N) is 1. The molecule has 1 aromatic heterocycles. The van der Waals surface area contributed by atoms with E-state index in [0.29, 0.717) is 11.1 Å². The van der Waals surface area contributed by atoms with Crippen LogP contribution in [-0.2, 0) is 16.1 Å². The van der Waals surface area contributed by atoms with E-state index in [0.717, 1.165) is 14.9 Å². The number of phenols is 1. The van der Waals surface area contributed by atoms with E-state index in [1.165, 1.54) is 28.4 Å². The average molecular weight is 484 g/mol. The number of aliphatic hydroxyl groups excluding tert-OH is 1. The molecule has 7 heteroatoms. The van der Waals surface area contributed by atoms with Gasteiger partial charge in [0.05, 0.1) is 18.2 Å². The molecule has 0 radical (unpaired) electrons. The van der Waals surface area contributed by atoms with Crippen molar-refractivity contribution < 1.29 is 19.8 Å². The van der Waals surface area contributed by atoms with E-state index in [1.54, 1.807) is 30.3 Å². The van der Waals surface area contributed by atoms with Crippen LogP contribution in [0.5, 0.6) is 5.75 Å². The molecule has 5 nitrogen and oxygen atoms in total. The van der Waals surface area contributed by atoms with Crippen LogP contribution < -0.4 is 0 Å². The predicted molar refractivity (Wildman–Crippen MR) is 119 cm³/mol. The van der Waals surface area contributed by atoms with Crippen LogP contribution in [0, 0.1) is 6.92 Å². The molecule has 152 valence electrons. The molecule has 1 saturated heterocycles.